The molecule has 0 unspecified atom stereocenters. The Balaban J connectivity index is 2.19. The molecular formula is C10H18ClN3O. The molecule has 0 saturated heterocycles. The number of halogens is 1. The van der Waals surface area contributed by atoms with Crippen molar-refractivity contribution in [3.8, 4) is 0 Å². The molecule has 0 aliphatic heterocycles. The Morgan fingerprint density at radius 3 is 2.87 bits per heavy atom. The fourth-order valence-corrected chi connectivity index (χ4v) is 1.37. The van der Waals surface area contributed by atoms with Crippen LogP contribution in [0.5, 0.6) is 0 Å². The van der Waals surface area contributed by atoms with Crippen molar-refractivity contribution < 1.29 is 4.42 Å². The van der Waals surface area contributed by atoms with Crippen molar-refractivity contribution in [1.82, 2.24) is 10.2 Å². The molecule has 15 heavy (non-hydrogen) atoms. The van der Waals surface area contributed by atoms with Gasteiger partial charge in [-0.25, -0.2) is 0 Å². The van der Waals surface area contributed by atoms with E-state index in [9.17, 15) is 0 Å². The molecule has 0 aliphatic rings. The molecule has 1 aromatic rings. The second kappa shape index (κ2) is 6.67. The minimum absolute atomic E-state index is 0.499. The topological polar surface area (TPSA) is 51.0 Å². The maximum atomic E-state index is 5.56. The predicted molar refractivity (Wildman–Crippen MR) is 61.3 cm³/mol. The quantitative estimate of drug-likeness (QED) is 0.579. The van der Waals surface area contributed by atoms with E-state index in [0.717, 1.165) is 18.9 Å². The van der Waals surface area contributed by atoms with E-state index in [4.69, 9.17) is 16.0 Å². The van der Waals surface area contributed by atoms with E-state index in [1.165, 1.54) is 6.42 Å². The predicted octanol–water partition coefficient (Wildman–Crippen LogP) is 2.70. The lowest BCUT2D eigenvalue weighted by Crippen LogP contribution is -2.03. The molecular weight excluding hydrogens is 214 g/mol. The molecule has 0 amide bonds. The van der Waals surface area contributed by atoms with Gasteiger partial charge in [-0.15, -0.1) is 16.7 Å². The number of nitrogens with one attached hydrogen (secondary N) is 1. The average molecular weight is 232 g/mol. The summed E-state index contributed by atoms with van der Waals surface area (Å²) in [6.45, 7) is 5.30. The highest BCUT2D eigenvalue weighted by molar-refractivity contribution is 6.17. The first-order valence-electron chi connectivity index (χ1n) is 5.34. The minimum atomic E-state index is 0.499. The molecule has 0 aliphatic carbocycles. The lowest BCUT2D eigenvalue weighted by molar-refractivity contribution is 0.507. The molecule has 0 aromatic carbocycles. The summed E-state index contributed by atoms with van der Waals surface area (Å²) < 4.78 is 5.31. The summed E-state index contributed by atoms with van der Waals surface area (Å²) in [5.74, 6) is 1.84. The fraction of sp³-hybridized carbons (Fsp3) is 0.800. The van der Waals surface area contributed by atoms with Crippen LogP contribution in [-0.2, 0) is 6.42 Å². The number of aryl methyl sites for hydroxylation is 1. The molecule has 1 rings (SSSR count). The number of hydrogen-bond acceptors (Lipinski definition) is 4. The average Bonchev–Trinajstić information content (AvgIpc) is 2.61. The number of aromatic nitrogens is 2. The fourth-order valence-electron chi connectivity index (χ4n) is 1.21. The lowest BCUT2D eigenvalue weighted by Gasteiger charge is -2.03. The zero-order valence-corrected chi connectivity index (χ0v) is 10.0. The first-order chi connectivity index (χ1) is 7.22. The Kier molecular flexibility index (Phi) is 5.47. The first kappa shape index (κ1) is 12.3. The summed E-state index contributed by atoms with van der Waals surface area (Å²) in [7, 11) is 0. The monoisotopic (exact) mass is 231 g/mol. The Hall–Kier alpha value is -0.770. The van der Waals surface area contributed by atoms with Gasteiger partial charge in [0.05, 0.1) is 0 Å². The van der Waals surface area contributed by atoms with Crippen molar-refractivity contribution in [3.63, 3.8) is 0 Å². The van der Waals surface area contributed by atoms with Gasteiger partial charge in [-0.05, 0) is 18.8 Å². The van der Waals surface area contributed by atoms with Crippen LogP contribution >= 0.6 is 11.6 Å². The molecule has 1 heterocycles. The van der Waals surface area contributed by atoms with Crippen molar-refractivity contribution >= 4 is 17.6 Å². The van der Waals surface area contributed by atoms with Crippen LogP contribution in [0.25, 0.3) is 0 Å². The van der Waals surface area contributed by atoms with E-state index < -0.39 is 0 Å². The number of alkyl halides is 1. The van der Waals surface area contributed by atoms with Crippen LogP contribution in [0.2, 0.25) is 0 Å². The lowest BCUT2D eigenvalue weighted by atomic mass is 10.1. The Morgan fingerprint density at radius 2 is 2.20 bits per heavy atom. The summed E-state index contributed by atoms with van der Waals surface area (Å²) in [5, 5.41) is 10.8. The van der Waals surface area contributed by atoms with Crippen LogP contribution in [0.15, 0.2) is 4.42 Å². The molecule has 1 N–H and O–H groups in total. The summed E-state index contributed by atoms with van der Waals surface area (Å²) in [5.41, 5.74) is 0. The van der Waals surface area contributed by atoms with E-state index in [1.54, 1.807) is 0 Å². The summed E-state index contributed by atoms with van der Waals surface area (Å²) >= 11 is 5.56. The third-order valence-electron chi connectivity index (χ3n) is 2.01. The van der Waals surface area contributed by atoms with E-state index in [2.05, 4.69) is 29.4 Å². The molecule has 0 radical (unpaired) electrons. The molecule has 5 heteroatoms. The van der Waals surface area contributed by atoms with E-state index in [1.807, 2.05) is 0 Å². The molecule has 0 spiro atoms. The molecule has 1 aromatic heterocycles. The largest absolute Gasteiger partial charge is 0.408 e. The molecule has 0 atom stereocenters. The Labute approximate surface area is 95.4 Å². The van der Waals surface area contributed by atoms with Crippen LogP contribution in [-0.4, -0.2) is 22.6 Å². The van der Waals surface area contributed by atoms with Crippen LogP contribution in [0.3, 0.4) is 0 Å². The van der Waals surface area contributed by atoms with Crippen molar-refractivity contribution in [3.05, 3.63) is 5.89 Å². The molecule has 86 valence electrons. The summed E-state index contributed by atoms with van der Waals surface area (Å²) in [4.78, 5) is 0. The standard InChI is InChI=1S/C10H18ClN3O/c1-8(2)4-3-7-12-10-14-13-9(15-10)5-6-11/h8H,3-7H2,1-2H3,(H,12,14). The number of anilines is 1. The van der Waals surface area contributed by atoms with Crippen molar-refractivity contribution in [2.75, 3.05) is 17.7 Å². The summed E-state index contributed by atoms with van der Waals surface area (Å²) in [6.07, 6.45) is 2.95. The van der Waals surface area contributed by atoms with Crippen molar-refractivity contribution in [2.45, 2.75) is 33.1 Å². The highest BCUT2D eigenvalue weighted by atomic mass is 35.5. The van der Waals surface area contributed by atoms with Gasteiger partial charge < -0.3 is 9.73 Å². The SMILES string of the molecule is CC(C)CCCNc1nnc(CCCl)o1. The second-order valence-electron chi connectivity index (χ2n) is 3.90. The maximum absolute atomic E-state index is 5.56. The number of hydrogen-bond donors (Lipinski definition) is 1. The van der Waals surface area contributed by atoms with Gasteiger partial charge in [-0.3, -0.25) is 0 Å². The van der Waals surface area contributed by atoms with Gasteiger partial charge in [0, 0.05) is 18.8 Å². The third-order valence-corrected chi connectivity index (χ3v) is 2.20. The van der Waals surface area contributed by atoms with Gasteiger partial charge in [0.1, 0.15) is 0 Å². The van der Waals surface area contributed by atoms with Crippen LogP contribution in [0.1, 0.15) is 32.6 Å². The number of rotatable bonds is 7. The minimum Gasteiger partial charge on any atom is -0.408 e. The Morgan fingerprint density at radius 1 is 1.40 bits per heavy atom. The normalized spacial score (nSPS) is 10.9. The zero-order chi connectivity index (χ0) is 11.1. The molecule has 0 bridgehead atoms. The highest BCUT2D eigenvalue weighted by Gasteiger charge is 2.04. The first-order valence-corrected chi connectivity index (χ1v) is 5.88. The summed E-state index contributed by atoms with van der Waals surface area (Å²) in [6, 6.07) is 0.499. The van der Waals surface area contributed by atoms with Crippen molar-refractivity contribution in [2.24, 2.45) is 5.92 Å². The van der Waals surface area contributed by atoms with Gasteiger partial charge in [0.25, 0.3) is 0 Å². The smallest absolute Gasteiger partial charge is 0.315 e. The van der Waals surface area contributed by atoms with Crippen molar-refractivity contribution in [1.29, 1.82) is 0 Å². The van der Waals surface area contributed by atoms with E-state index in [0.29, 0.717) is 24.2 Å². The van der Waals surface area contributed by atoms with Crippen LogP contribution in [0, 0.1) is 5.92 Å². The van der Waals surface area contributed by atoms with Crippen LogP contribution < -0.4 is 5.32 Å². The van der Waals surface area contributed by atoms with Gasteiger partial charge in [0.15, 0.2) is 0 Å². The van der Waals surface area contributed by atoms with E-state index in [-0.39, 0.29) is 0 Å². The third kappa shape index (κ3) is 5.02. The molecule has 0 saturated carbocycles. The van der Waals surface area contributed by atoms with Gasteiger partial charge >= 0.3 is 6.01 Å². The van der Waals surface area contributed by atoms with Crippen LogP contribution in [0.4, 0.5) is 6.01 Å². The molecule has 0 fully saturated rings. The Bertz CT molecular complexity index is 275. The number of nitrogens with zero attached hydrogens (tertiary/aromatic N) is 2. The second-order valence-corrected chi connectivity index (χ2v) is 4.28. The molecule has 4 nitrogen and oxygen atoms in total. The van der Waals surface area contributed by atoms with E-state index >= 15 is 0 Å². The van der Waals surface area contributed by atoms with Gasteiger partial charge in [-0.1, -0.05) is 18.9 Å². The van der Waals surface area contributed by atoms with Gasteiger partial charge in [0.2, 0.25) is 5.89 Å². The highest BCUT2D eigenvalue weighted by Crippen LogP contribution is 2.08. The van der Waals surface area contributed by atoms with Gasteiger partial charge in [-0.2, -0.15) is 0 Å². The maximum Gasteiger partial charge on any atom is 0.315 e. The zero-order valence-electron chi connectivity index (χ0n) is 9.29.